The molecule has 0 fully saturated rings. The molecule has 0 atom stereocenters. The molecule has 2 heterocycles. The molecule has 0 radical (unpaired) electrons. The predicted octanol–water partition coefficient (Wildman–Crippen LogP) is 1.34. The van der Waals surface area contributed by atoms with Gasteiger partial charge in [-0.2, -0.15) is 0 Å². The second-order valence-corrected chi connectivity index (χ2v) is 4.29. The lowest BCUT2D eigenvalue weighted by atomic mass is 10.4. The van der Waals surface area contributed by atoms with Crippen LogP contribution in [0.3, 0.4) is 0 Å². The molecule has 0 aromatic carbocycles. The minimum atomic E-state index is 0.701. The van der Waals surface area contributed by atoms with Crippen LogP contribution in [0.1, 0.15) is 5.69 Å². The smallest absolute Gasteiger partial charge is 0.171 e. The number of ether oxygens (including phenoxy) is 1. The first-order chi connectivity index (χ1) is 8.40. The van der Waals surface area contributed by atoms with Gasteiger partial charge in [0.2, 0.25) is 0 Å². The Bertz CT molecular complexity index is 446. The quantitative estimate of drug-likeness (QED) is 0.784. The van der Waals surface area contributed by atoms with Gasteiger partial charge in [0.25, 0.3) is 0 Å². The first-order valence-corrected chi connectivity index (χ1v) is 6.18. The Kier molecular flexibility index (Phi) is 4.54. The Hall–Kier alpha value is -1.37. The zero-order valence-corrected chi connectivity index (χ0v) is 10.4. The van der Waals surface area contributed by atoms with Crippen molar-refractivity contribution in [3.63, 3.8) is 0 Å². The second-order valence-electron chi connectivity index (χ2n) is 3.41. The van der Waals surface area contributed by atoms with Crippen LogP contribution in [-0.4, -0.2) is 35.2 Å². The third-order valence-corrected chi connectivity index (χ3v) is 2.92. The van der Waals surface area contributed by atoms with Crippen molar-refractivity contribution < 1.29 is 4.74 Å². The Balaban J connectivity index is 1.97. The monoisotopic (exact) mass is 250 g/mol. The molecule has 0 unspecified atom stereocenters. The molecule has 0 saturated heterocycles. The van der Waals surface area contributed by atoms with Crippen LogP contribution < -0.4 is 5.32 Å². The lowest BCUT2D eigenvalue weighted by Crippen LogP contribution is -2.19. The van der Waals surface area contributed by atoms with E-state index < -0.39 is 0 Å². The van der Waals surface area contributed by atoms with Crippen molar-refractivity contribution >= 4 is 11.3 Å². The molecule has 0 bridgehead atoms. The Morgan fingerprint density at radius 1 is 1.47 bits per heavy atom. The van der Waals surface area contributed by atoms with Crippen LogP contribution in [0.25, 0.3) is 10.7 Å². The lowest BCUT2D eigenvalue weighted by Gasteiger charge is -2.04. The molecule has 2 aromatic rings. The van der Waals surface area contributed by atoms with Gasteiger partial charge in [-0.25, -0.2) is 9.97 Å². The molecule has 0 aliphatic heterocycles. The maximum Gasteiger partial charge on any atom is 0.171 e. The Morgan fingerprint density at radius 3 is 3.18 bits per heavy atom. The summed E-state index contributed by atoms with van der Waals surface area (Å²) in [5, 5.41) is 3.25. The molecule has 2 rings (SSSR count). The highest BCUT2D eigenvalue weighted by molar-refractivity contribution is 7.13. The molecular formula is C11H14N4OS. The van der Waals surface area contributed by atoms with Gasteiger partial charge >= 0.3 is 0 Å². The van der Waals surface area contributed by atoms with E-state index in [2.05, 4.69) is 20.3 Å². The normalized spacial score (nSPS) is 10.6. The van der Waals surface area contributed by atoms with E-state index in [1.165, 1.54) is 0 Å². The number of rotatable bonds is 6. The van der Waals surface area contributed by atoms with E-state index >= 15 is 0 Å². The number of hydrogen-bond acceptors (Lipinski definition) is 6. The summed E-state index contributed by atoms with van der Waals surface area (Å²) in [6, 6.07) is 1.91. The van der Waals surface area contributed by atoms with Gasteiger partial charge < -0.3 is 10.1 Å². The Labute approximate surface area is 104 Å². The number of aromatic nitrogens is 3. The molecule has 0 aliphatic rings. The average Bonchev–Trinajstić information content (AvgIpc) is 2.89. The molecule has 2 aromatic heterocycles. The van der Waals surface area contributed by atoms with E-state index in [4.69, 9.17) is 4.74 Å². The average molecular weight is 250 g/mol. The molecule has 6 heteroatoms. The van der Waals surface area contributed by atoms with E-state index in [0.29, 0.717) is 6.61 Å². The first kappa shape index (κ1) is 12.1. The van der Waals surface area contributed by atoms with Gasteiger partial charge in [-0.15, -0.1) is 11.3 Å². The van der Waals surface area contributed by atoms with Crippen molar-refractivity contribution in [3.8, 4) is 10.7 Å². The highest BCUT2D eigenvalue weighted by Gasteiger charge is 2.03. The van der Waals surface area contributed by atoms with Crippen LogP contribution in [-0.2, 0) is 11.3 Å². The summed E-state index contributed by atoms with van der Waals surface area (Å²) >= 11 is 1.54. The summed E-state index contributed by atoms with van der Waals surface area (Å²) in [7, 11) is 1.69. The van der Waals surface area contributed by atoms with Gasteiger partial charge in [0.05, 0.1) is 22.7 Å². The van der Waals surface area contributed by atoms with Crippen molar-refractivity contribution in [1.29, 1.82) is 0 Å². The third kappa shape index (κ3) is 3.55. The van der Waals surface area contributed by atoms with Crippen LogP contribution in [0.2, 0.25) is 0 Å². The predicted molar refractivity (Wildman–Crippen MR) is 66.7 cm³/mol. The van der Waals surface area contributed by atoms with Gasteiger partial charge in [-0.05, 0) is 6.07 Å². The topological polar surface area (TPSA) is 59.9 Å². The SMILES string of the molecule is COCCNCc1ccnc(-c2cncs2)n1. The van der Waals surface area contributed by atoms with E-state index in [1.54, 1.807) is 36.4 Å². The number of nitrogens with zero attached hydrogens (tertiary/aromatic N) is 3. The molecule has 0 spiro atoms. The summed E-state index contributed by atoms with van der Waals surface area (Å²) in [5.41, 5.74) is 2.75. The van der Waals surface area contributed by atoms with Gasteiger partial charge in [-0.1, -0.05) is 0 Å². The maximum atomic E-state index is 4.96. The number of thiazole rings is 1. The molecule has 0 aliphatic carbocycles. The van der Waals surface area contributed by atoms with Gasteiger partial charge in [0, 0.05) is 32.6 Å². The fraction of sp³-hybridized carbons (Fsp3) is 0.364. The number of hydrogen-bond donors (Lipinski definition) is 1. The molecule has 5 nitrogen and oxygen atoms in total. The van der Waals surface area contributed by atoms with Crippen molar-refractivity contribution in [2.45, 2.75) is 6.54 Å². The van der Waals surface area contributed by atoms with Crippen molar-refractivity contribution in [2.75, 3.05) is 20.3 Å². The highest BCUT2D eigenvalue weighted by atomic mass is 32.1. The van der Waals surface area contributed by atoms with Crippen LogP contribution in [0.4, 0.5) is 0 Å². The summed E-state index contributed by atoms with van der Waals surface area (Å²) in [4.78, 5) is 13.7. The summed E-state index contributed by atoms with van der Waals surface area (Å²) in [5.74, 6) is 0.735. The summed E-state index contributed by atoms with van der Waals surface area (Å²) in [6.45, 7) is 2.24. The minimum Gasteiger partial charge on any atom is -0.383 e. The van der Waals surface area contributed by atoms with E-state index in [1.807, 2.05) is 6.07 Å². The molecular weight excluding hydrogens is 236 g/mol. The van der Waals surface area contributed by atoms with Crippen LogP contribution >= 0.6 is 11.3 Å². The van der Waals surface area contributed by atoms with E-state index in [0.717, 1.165) is 29.5 Å². The van der Waals surface area contributed by atoms with Crippen molar-refractivity contribution in [2.24, 2.45) is 0 Å². The van der Waals surface area contributed by atoms with Crippen molar-refractivity contribution in [3.05, 3.63) is 29.7 Å². The number of nitrogens with one attached hydrogen (secondary N) is 1. The van der Waals surface area contributed by atoms with E-state index in [-0.39, 0.29) is 0 Å². The number of methoxy groups -OCH3 is 1. The van der Waals surface area contributed by atoms with Crippen LogP contribution in [0.5, 0.6) is 0 Å². The van der Waals surface area contributed by atoms with E-state index in [9.17, 15) is 0 Å². The van der Waals surface area contributed by atoms with Gasteiger partial charge in [0.15, 0.2) is 5.82 Å². The lowest BCUT2D eigenvalue weighted by molar-refractivity contribution is 0.199. The van der Waals surface area contributed by atoms with Gasteiger partial charge in [-0.3, -0.25) is 4.98 Å². The molecule has 90 valence electrons. The largest absolute Gasteiger partial charge is 0.383 e. The maximum absolute atomic E-state index is 4.96. The summed E-state index contributed by atoms with van der Waals surface area (Å²) < 4.78 is 4.96. The zero-order valence-electron chi connectivity index (χ0n) is 9.59. The van der Waals surface area contributed by atoms with Crippen LogP contribution in [0.15, 0.2) is 24.0 Å². The zero-order chi connectivity index (χ0) is 11.9. The van der Waals surface area contributed by atoms with Gasteiger partial charge in [0.1, 0.15) is 0 Å². The second kappa shape index (κ2) is 6.39. The minimum absolute atomic E-state index is 0.701. The molecule has 0 amide bonds. The van der Waals surface area contributed by atoms with Crippen LogP contribution in [0, 0.1) is 0 Å². The molecule has 1 N–H and O–H groups in total. The molecule has 0 saturated carbocycles. The highest BCUT2D eigenvalue weighted by Crippen LogP contribution is 2.18. The first-order valence-electron chi connectivity index (χ1n) is 5.30. The van der Waals surface area contributed by atoms with Crippen molar-refractivity contribution in [1.82, 2.24) is 20.3 Å². The standard InChI is InChI=1S/C11H14N4OS/c1-16-5-4-12-6-9-2-3-14-11(15-9)10-7-13-8-17-10/h2-3,7-8,12H,4-6H2,1H3. The fourth-order valence-electron chi connectivity index (χ4n) is 1.33. The molecule has 17 heavy (non-hydrogen) atoms. The summed E-state index contributed by atoms with van der Waals surface area (Å²) in [6.07, 6.45) is 3.55. The Morgan fingerprint density at radius 2 is 2.41 bits per heavy atom. The fourth-order valence-corrected chi connectivity index (χ4v) is 1.89. The third-order valence-electron chi connectivity index (χ3n) is 2.16.